The third-order valence-corrected chi connectivity index (χ3v) is 5.17. The lowest BCUT2D eigenvalue weighted by molar-refractivity contribution is -0.138. The molecule has 1 aromatic carbocycles. The summed E-state index contributed by atoms with van der Waals surface area (Å²) >= 11 is 2.22. The molecule has 3 rings (SSSR count). The fourth-order valence-corrected chi connectivity index (χ4v) is 4.03. The molecule has 4 heteroatoms. The minimum Gasteiger partial charge on any atom is -0.462 e. The molecule has 0 aromatic heterocycles. The molecule has 2 atom stereocenters. The van der Waals surface area contributed by atoms with Gasteiger partial charge in [-0.05, 0) is 53.1 Å². The maximum Gasteiger partial charge on any atom is 0.338 e. The SMILES string of the molecule is CCOC(=O)C1=C2CC(C)C(=O)c3c(I)cccc3C2C=C1. The number of Topliss-reactive ketones (excluding diaryl/α,β-unsaturated/α-hetero) is 1. The maximum absolute atomic E-state index is 12.7. The quantitative estimate of drug-likeness (QED) is 0.549. The fourth-order valence-electron chi connectivity index (χ4n) is 3.25. The first-order valence-corrected chi connectivity index (χ1v) is 8.53. The molecule has 22 heavy (non-hydrogen) atoms. The Hall–Kier alpha value is -1.43. The molecular weight excluding hydrogens is 391 g/mol. The number of fused-ring (bicyclic) bond motifs is 3. The van der Waals surface area contributed by atoms with Gasteiger partial charge in [-0.3, -0.25) is 4.79 Å². The van der Waals surface area contributed by atoms with Crippen LogP contribution in [-0.4, -0.2) is 18.4 Å². The Balaban J connectivity index is 2.16. The van der Waals surface area contributed by atoms with E-state index in [2.05, 4.69) is 22.6 Å². The van der Waals surface area contributed by atoms with Gasteiger partial charge in [0.2, 0.25) is 0 Å². The second-order valence-electron chi connectivity index (χ2n) is 5.67. The Morgan fingerprint density at radius 1 is 1.41 bits per heavy atom. The average molecular weight is 408 g/mol. The minimum atomic E-state index is -0.287. The normalized spacial score (nSPS) is 23.1. The van der Waals surface area contributed by atoms with Gasteiger partial charge in [0.1, 0.15) is 0 Å². The van der Waals surface area contributed by atoms with Crippen molar-refractivity contribution in [3.63, 3.8) is 0 Å². The van der Waals surface area contributed by atoms with Crippen molar-refractivity contribution in [2.75, 3.05) is 6.61 Å². The van der Waals surface area contributed by atoms with E-state index in [1.54, 1.807) is 6.92 Å². The van der Waals surface area contributed by atoms with Gasteiger partial charge in [-0.25, -0.2) is 4.79 Å². The smallest absolute Gasteiger partial charge is 0.338 e. The Morgan fingerprint density at radius 3 is 2.91 bits per heavy atom. The van der Waals surface area contributed by atoms with Crippen LogP contribution in [0.25, 0.3) is 0 Å². The van der Waals surface area contributed by atoms with Crippen molar-refractivity contribution < 1.29 is 14.3 Å². The zero-order chi connectivity index (χ0) is 15.9. The molecule has 1 aromatic rings. The van der Waals surface area contributed by atoms with E-state index in [1.807, 2.05) is 37.3 Å². The summed E-state index contributed by atoms with van der Waals surface area (Å²) in [5.74, 6) is -0.236. The number of ether oxygens (including phenoxy) is 1. The number of carbonyl (C=O) groups excluding carboxylic acids is 2. The number of carbonyl (C=O) groups is 2. The molecule has 114 valence electrons. The number of benzene rings is 1. The second-order valence-corrected chi connectivity index (χ2v) is 6.83. The van der Waals surface area contributed by atoms with Crippen molar-refractivity contribution in [2.24, 2.45) is 5.92 Å². The van der Waals surface area contributed by atoms with Gasteiger partial charge < -0.3 is 4.74 Å². The number of halogens is 1. The number of hydrogen-bond acceptors (Lipinski definition) is 3. The molecular formula is C18H17IO3. The standard InChI is InChI=1S/C18H17IO3/c1-3-22-18(21)13-8-7-11-12-5-4-6-15(19)16(12)17(20)10(2)9-14(11)13/h4-8,10-11H,3,9H2,1-2H3. The Labute approximate surface area is 143 Å². The van der Waals surface area contributed by atoms with Crippen LogP contribution in [0.3, 0.4) is 0 Å². The van der Waals surface area contributed by atoms with Gasteiger partial charge in [-0.2, -0.15) is 0 Å². The summed E-state index contributed by atoms with van der Waals surface area (Å²) in [7, 11) is 0. The zero-order valence-electron chi connectivity index (χ0n) is 12.6. The number of hydrogen-bond donors (Lipinski definition) is 0. The van der Waals surface area contributed by atoms with Crippen LogP contribution in [0, 0.1) is 9.49 Å². The van der Waals surface area contributed by atoms with Crippen LogP contribution in [0.15, 0.2) is 41.5 Å². The Bertz CT molecular complexity index is 715. The highest BCUT2D eigenvalue weighted by Gasteiger charge is 2.36. The third-order valence-electron chi connectivity index (χ3n) is 4.27. The van der Waals surface area contributed by atoms with Crippen molar-refractivity contribution in [1.29, 1.82) is 0 Å². The summed E-state index contributed by atoms with van der Waals surface area (Å²) in [6.07, 6.45) is 4.47. The Morgan fingerprint density at radius 2 is 2.18 bits per heavy atom. The van der Waals surface area contributed by atoms with Gasteiger partial charge in [-0.1, -0.05) is 31.2 Å². The van der Waals surface area contributed by atoms with E-state index in [9.17, 15) is 9.59 Å². The Kier molecular flexibility index (Phi) is 4.21. The number of rotatable bonds is 2. The van der Waals surface area contributed by atoms with Gasteiger partial charge >= 0.3 is 5.97 Å². The third kappa shape index (κ3) is 2.43. The summed E-state index contributed by atoms with van der Waals surface area (Å²) in [6.45, 7) is 4.10. The van der Waals surface area contributed by atoms with Crippen LogP contribution in [0.5, 0.6) is 0 Å². The molecule has 2 unspecified atom stereocenters. The number of esters is 1. The van der Waals surface area contributed by atoms with Crippen LogP contribution < -0.4 is 0 Å². The molecule has 2 aliphatic rings. The van der Waals surface area contributed by atoms with E-state index in [-0.39, 0.29) is 23.6 Å². The van der Waals surface area contributed by atoms with Crippen LogP contribution in [0.1, 0.15) is 42.1 Å². The van der Waals surface area contributed by atoms with Crippen LogP contribution in [0.2, 0.25) is 0 Å². The van der Waals surface area contributed by atoms with E-state index in [1.165, 1.54) is 0 Å². The number of allylic oxidation sites excluding steroid dienone is 2. The molecule has 0 spiro atoms. The van der Waals surface area contributed by atoms with E-state index in [0.29, 0.717) is 18.6 Å². The van der Waals surface area contributed by atoms with Gasteiger partial charge in [-0.15, -0.1) is 0 Å². The fraction of sp³-hybridized carbons (Fsp3) is 0.333. The predicted octanol–water partition coefficient (Wildman–Crippen LogP) is 4.03. The molecule has 0 saturated carbocycles. The number of ketones is 1. The highest BCUT2D eigenvalue weighted by atomic mass is 127. The van der Waals surface area contributed by atoms with Gasteiger partial charge in [0, 0.05) is 21.0 Å². The summed E-state index contributed by atoms with van der Waals surface area (Å²) < 4.78 is 6.13. The lowest BCUT2D eigenvalue weighted by atomic mass is 9.90. The molecule has 0 N–H and O–H groups in total. The highest BCUT2D eigenvalue weighted by Crippen LogP contribution is 2.44. The molecule has 0 aliphatic heterocycles. The van der Waals surface area contributed by atoms with Crippen molar-refractivity contribution in [1.82, 2.24) is 0 Å². The summed E-state index contributed by atoms with van der Waals surface area (Å²) in [6, 6.07) is 5.93. The van der Waals surface area contributed by atoms with Crippen molar-refractivity contribution in [3.8, 4) is 0 Å². The van der Waals surface area contributed by atoms with E-state index in [0.717, 1.165) is 20.3 Å². The monoisotopic (exact) mass is 408 g/mol. The molecule has 0 radical (unpaired) electrons. The van der Waals surface area contributed by atoms with Crippen LogP contribution in [0.4, 0.5) is 0 Å². The second kappa shape index (κ2) is 5.99. The molecule has 2 aliphatic carbocycles. The van der Waals surface area contributed by atoms with Crippen molar-refractivity contribution in [2.45, 2.75) is 26.2 Å². The van der Waals surface area contributed by atoms with Crippen LogP contribution in [-0.2, 0) is 9.53 Å². The van der Waals surface area contributed by atoms with Gasteiger partial charge in [0.05, 0.1) is 12.2 Å². The van der Waals surface area contributed by atoms with Gasteiger partial charge in [0.25, 0.3) is 0 Å². The molecule has 0 fully saturated rings. The largest absolute Gasteiger partial charge is 0.462 e. The minimum absolute atomic E-state index is 0.0121. The molecule has 0 saturated heterocycles. The summed E-state index contributed by atoms with van der Waals surface area (Å²) in [5.41, 5.74) is 3.45. The van der Waals surface area contributed by atoms with E-state index >= 15 is 0 Å². The van der Waals surface area contributed by atoms with Crippen molar-refractivity contribution in [3.05, 3.63) is 56.2 Å². The first-order chi connectivity index (χ1) is 10.5. The van der Waals surface area contributed by atoms with E-state index in [4.69, 9.17) is 4.74 Å². The summed E-state index contributed by atoms with van der Waals surface area (Å²) in [4.78, 5) is 24.9. The molecule has 0 heterocycles. The van der Waals surface area contributed by atoms with Gasteiger partial charge in [0.15, 0.2) is 5.78 Å². The molecule has 0 amide bonds. The lowest BCUT2D eigenvalue weighted by Gasteiger charge is -2.15. The first-order valence-electron chi connectivity index (χ1n) is 7.45. The zero-order valence-corrected chi connectivity index (χ0v) is 14.7. The average Bonchev–Trinajstić information content (AvgIpc) is 2.85. The van der Waals surface area contributed by atoms with Crippen molar-refractivity contribution >= 4 is 34.3 Å². The highest BCUT2D eigenvalue weighted by molar-refractivity contribution is 14.1. The first kappa shape index (κ1) is 15.5. The molecule has 3 nitrogen and oxygen atoms in total. The summed E-state index contributed by atoms with van der Waals surface area (Å²) in [5, 5.41) is 0. The van der Waals surface area contributed by atoms with E-state index < -0.39 is 0 Å². The maximum atomic E-state index is 12.7. The topological polar surface area (TPSA) is 43.4 Å². The predicted molar refractivity (Wildman–Crippen MR) is 92.8 cm³/mol. The van der Waals surface area contributed by atoms with Crippen LogP contribution >= 0.6 is 22.6 Å². The molecule has 0 bridgehead atoms. The lowest BCUT2D eigenvalue weighted by Crippen LogP contribution is -2.13.